The lowest BCUT2D eigenvalue weighted by molar-refractivity contribution is -0.0192. The van der Waals surface area contributed by atoms with Crippen molar-refractivity contribution in [2.75, 3.05) is 19.7 Å². The van der Waals surface area contributed by atoms with Gasteiger partial charge in [0.1, 0.15) is 0 Å². The Kier molecular flexibility index (Phi) is 5.03. The van der Waals surface area contributed by atoms with Crippen molar-refractivity contribution in [3.63, 3.8) is 0 Å². The first-order chi connectivity index (χ1) is 10.2. The summed E-state index contributed by atoms with van der Waals surface area (Å²) >= 11 is 0. The average Bonchev–Trinajstić information content (AvgIpc) is 3.26. The minimum Gasteiger partial charge on any atom is -0.374 e. The van der Waals surface area contributed by atoms with Crippen molar-refractivity contribution in [2.24, 2.45) is 0 Å². The predicted octanol–water partition coefficient (Wildman–Crippen LogP) is 3.11. The highest BCUT2D eigenvalue weighted by Gasteiger charge is 2.39. The van der Waals surface area contributed by atoms with Gasteiger partial charge in [-0.2, -0.15) is 0 Å². The van der Waals surface area contributed by atoms with E-state index >= 15 is 0 Å². The zero-order chi connectivity index (χ0) is 14.7. The Hall–Kier alpha value is -0.380. The highest BCUT2D eigenvalue weighted by Crippen LogP contribution is 2.33. The molecule has 3 rings (SSSR count). The second-order valence-corrected chi connectivity index (χ2v) is 7.39. The van der Waals surface area contributed by atoms with Gasteiger partial charge in [0.2, 0.25) is 0 Å². The molecule has 2 saturated heterocycles. The molecule has 0 amide bonds. The van der Waals surface area contributed by atoms with Crippen molar-refractivity contribution in [3.8, 4) is 0 Å². The Balaban J connectivity index is 1.52. The lowest BCUT2D eigenvalue weighted by Gasteiger charge is -2.40. The first-order valence-electron chi connectivity index (χ1n) is 8.96. The van der Waals surface area contributed by atoms with Crippen LogP contribution in [0.5, 0.6) is 0 Å². The molecule has 1 saturated carbocycles. The number of likely N-dealkylation sites (tertiary alicyclic amines) is 1. The molecule has 2 unspecified atom stereocenters. The smallest absolute Gasteiger partial charge is 0.0807 e. The van der Waals surface area contributed by atoms with Gasteiger partial charge in [0, 0.05) is 24.7 Å². The van der Waals surface area contributed by atoms with Crippen LogP contribution < -0.4 is 5.32 Å². The van der Waals surface area contributed by atoms with Crippen molar-refractivity contribution in [1.29, 1.82) is 0 Å². The third kappa shape index (κ3) is 3.88. The fourth-order valence-electron chi connectivity index (χ4n) is 4.08. The SMILES string of the molecule is C=CCCC(NC1CCN(C2CC2)CC1)C1(C)CCCO1. The molecule has 1 aliphatic carbocycles. The Morgan fingerprint density at radius 3 is 2.67 bits per heavy atom. The van der Waals surface area contributed by atoms with Gasteiger partial charge in [-0.05, 0) is 71.4 Å². The minimum absolute atomic E-state index is 0.0383. The van der Waals surface area contributed by atoms with E-state index in [4.69, 9.17) is 4.74 Å². The van der Waals surface area contributed by atoms with Crippen molar-refractivity contribution in [2.45, 2.75) is 82.0 Å². The molecule has 120 valence electrons. The van der Waals surface area contributed by atoms with E-state index < -0.39 is 0 Å². The van der Waals surface area contributed by atoms with Crippen LogP contribution in [0.1, 0.15) is 58.3 Å². The number of piperidine rings is 1. The average molecular weight is 292 g/mol. The molecule has 2 aliphatic heterocycles. The number of nitrogens with one attached hydrogen (secondary N) is 1. The molecule has 21 heavy (non-hydrogen) atoms. The molecule has 0 bridgehead atoms. The van der Waals surface area contributed by atoms with E-state index in [1.807, 2.05) is 6.08 Å². The Labute approximate surface area is 130 Å². The van der Waals surface area contributed by atoms with Gasteiger partial charge in [-0.15, -0.1) is 6.58 Å². The molecule has 0 radical (unpaired) electrons. The topological polar surface area (TPSA) is 24.5 Å². The van der Waals surface area contributed by atoms with E-state index in [2.05, 4.69) is 23.7 Å². The summed E-state index contributed by atoms with van der Waals surface area (Å²) in [6, 6.07) is 2.09. The molecule has 3 nitrogen and oxygen atoms in total. The van der Waals surface area contributed by atoms with Gasteiger partial charge in [-0.1, -0.05) is 6.08 Å². The maximum atomic E-state index is 6.10. The number of allylic oxidation sites excluding steroid dienone is 1. The van der Waals surface area contributed by atoms with Crippen molar-refractivity contribution < 1.29 is 4.74 Å². The Morgan fingerprint density at radius 2 is 2.10 bits per heavy atom. The van der Waals surface area contributed by atoms with Crippen molar-refractivity contribution >= 4 is 0 Å². The van der Waals surface area contributed by atoms with Crippen LogP contribution in [0.2, 0.25) is 0 Å². The summed E-state index contributed by atoms with van der Waals surface area (Å²) in [5, 5.41) is 3.95. The van der Waals surface area contributed by atoms with Crippen LogP contribution in [0.15, 0.2) is 12.7 Å². The zero-order valence-electron chi connectivity index (χ0n) is 13.7. The van der Waals surface area contributed by atoms with Gasteiger partial charge >= 0.3 is 0 Å². The zero-order valence-corrected chi connectivity index (χ0v) is 13.7. The van der Waals surface area contributed by atoms with E-state index in [0.717, 1.165) is 25.5 Å². The van der Waals surface area contributed by atoms with Crippen LogP contribution in [0.4, 0.5) is 0 Å². The van der Waals surface area contributed by atoms with E-state index in [9.17, 15) is 0 Å². The maximum absolute atomic E-state index is 6.10. The maximum Gasteiger partial charge on any atom is 0.0807 e. The molecule has 3 heteroatoms. The molecule has 0 aromatic carbocycles. The summed E-state index contributed by atoms with van der Waals surface area (Å²) in [5.74, 6) is 0. The molecule has 2 atom stereocenters. The molecular weight excluding hydrogens is 260 g/mol. The number of rotatable bonds is 7. The summed E-state index contributed by atoms with van der Waals surface area (Å²) < 4.78 is 6.10. The van der Waals surface area contributed by atoms with Gasteiger partial charge in [-0.3, -0.25) is 0 Å². The van der Waals surface area contributed by atoms with Crippen LogP contribution in [0.25, 0.3) is 0 Å². The number of hydrogen-bond donors (Lipinski definition) is 1. The van der Waals surface area contributed by atoms with Crippen LogP contribution in [0, 0.1) is 0 Å². The third-order valence-electron chi connectivity index (χ3n) is 5.68. The molecule has 0 aromatic heterocycles. The molecule has 2 heterocycles. The van der Waals surface area contributed by atoms with Crippen LogP contribution in [-0.4, -0.2) is 48.3 Å². The van der Waals surface area contributed by atoms with E-state index in [1.165, 1.54) is 51.6 Å². The van der Waals surface area contributed by atoms with E-state index in [-0.39, 0.29) is 5.60 Å². The summed E-state index contributed by atoms with van der Waals surface area (Å²) in [6.07, 6.45) is 12.2. The second-order valence-electron chi connectivity index (χ2n) is 7.39. The van der Waals surface area contributed by atoms with Crippen molar-refractivity contribution in [3.05, 3.63) is 12.7 Å². The van der Waals surface area contributed by atoms with E-state index in [0.29, 0.717) is 12.1 Å². The molecule has 0 aromatic rings. The summed E-state index contributed by atoms with van der Waals surface area (Å²) in [4.78, 5) is 2.70. The van der Waals surface area contributed by atoms with Gasteiger partial charge in [0.05, 0.1) is 5.60 Å². The van der Waals surface area contributed by atoms with Crippen molar-refractivity contribution in [1.82, 2.24) is 10.2 Å². The predicted molar refractivity (Wildman–Crippen MR) is 87.6 cm³/mol. The largest absolute Gasteiger partial charge is 0.374 e. The second kappa shape index (κ2) is 6.80. The Morgan fingerprint density at radius 1 is 1.33 bits per heavy atom. The number of ether oxygens (including phenoxy) is 1. The van der Waals surface area contributed by atoms with Gasteiger partial charge in [0.15, 0.2) is 0 Å². The summed E-state index contributed by atoms with van der Waals surface area (Å²) in [5.41, 5.74) is 0.0383. The van der Waals surface area contributed by atoms with Gasteiger partial charge in [-0.25, -0.2) is 0 Å². The molecule has 0 spiro atoms. The van der Waals surface area contributed by atoms with E-state index in [1.54, 1.807) is 0 Å². The van der Waals surface area contributed by atoms with Crippen LogP contribution in [-0.2, 0) is 4.74 Å². The number of nitrogens with zero attached hydrogens (tertiary/aromatic N) is 1. The number of hydrogen-bond acceptors (Lipinski definition) is 3. The lowest BCUT2D eigenvalue weighted by Crippen LogP contribution is -2.54. The fourth-order valence-corrected chi connectivity index (χ4v) is 4.08. The molecule has 3 fully saturated rings. The standard InChI is InChI=1S/C18H32N2O/c1-3-4-6-17(18(2)11-5-14-21-18)19-15-9-12-20(13-10-15)16-7-8-16/h3,15-17,19H,1,4-14H2,2H3. The molecule has 3 aliphatic rings. The fraction of sp³-hybridized carbons (Fsp3) is 0.889. The van der Waals surface area contributed by atoms with Gasteiger partial charge in [0.25, 0.3) is 0 Å². The Bertz CT molecular complexity index is 339. The molecule has 1 N–H and O–H groups in total. The van der Waals surface area contributed by atoms with Crippen LogP contribution >= 0.6 is 0 Å². The van der Waals surface area contributed by atoms with Gasteiger partial charge < -0.3 is 15.0 Å². The first-order valence-corrected chi connectivity index (χ1v) is 8.96. The molecular formula is C18H32N2O. The summed E-state index contributed by atoms with van der Waals surface area (Å²) in [6.45, 7) is 9.70. The lowest BCUT2D eigenvalue weighted by atomic mass is 9.88. The minimum atomic E-state index is 0.0383. The highest BCUT2D eigenvalue weighted by molar-refractivity contribution is 4.97. The highest BCUT2D eigenvalue weighted by atomic mass is 16.5. The first kappa shape index (κ1) is 15.5. The third-order valence-corrected chi connectivity index (χ3v) is 5.68. The normalized spacial score (nSPS) is 33.2. The quantitative estimate of drug-likeness (QED) is 0.730. The van der Waals surface area contributed by atoms with Crippen LogP contribution in [0.3, 0.4) is 0 Å². The monoisotopic (exact) mass is 292 g/mol. The summed E-state index contributed by atoms with van der Waals surface area (Å²) in [7, 11) is 0.